The van der Waals surface area contributed by atoms with Gasteiger partial charge in [0.1, 0.15) is 5.75 Å². The van der Waals surface area contributed by atoms with Crippen LogP contribution in [0.15, 0.2) is 84.0 Å². The topological polar surface area (TPSA) is 61.7 Å². The Bertz CT molecular complexity index is 1400. The summed E-state index contributed by atoms with van der Waals surface area (Å²) in [5, 5.41) is 16.3. The predicted molar refractivity (Wildman–Crippen MR) is 130 cm³/mol. The van der Waals surface area contributed by atoms with E-state index in [2.05, 4.69) is 22.4 Å². The van der Waals surface area contributed by atoms with Crippen LogP contribution in [0.25, 0.3) is 10.8 Å². The Labute approximate surface area is 195 Å². The summed E-state index contributed by atoms with van der Waals surface area (Å²) >= 11 is 11.8. The van der Waals surface area contributed by atoms with Crippen LogP contribution in [0.1, 0.15) is 27.0 Å². The minimum Gasteiger partial charge on any atom is -0.506 e. The number of halogens is 2. The molecule has 0 aliphatic heterocycles. The van der Waals surface area contributed by atoms with Crippen LogP contribution in [-0.4, -0.2) is 17.2 Å². The molecule has 32 heavy (non-hydrogen) atoms. The van der Waals surface area contributed by atoms with Crippen LogP contribution < -0.4 is 5.43 Å². The van der Waals surface area contributed by atoms with Gasteiger partial charge in [-0.3, -0.25) is 4.79 Å². The zero-order chi connectivity index (χ0) is 22.5. The van der Waals surface area contributed by atoms with Crippen molar-refractivity contribution in [2.75, 3.05) is 0 Å². The average Bonchev–Trinajstić information content (AvgIpc) is 2.81. The molecule has 156 valence electrons. The molecule has 4 aromatic carbocycles. The molecule has 0 saturated heterocycles. The van der Waals surface area contributed by atoms with E-state index in [9.17, 15) is 9.90 Å². The molecule has 0 bridgehead atoms. The number of fused-ring (bicyclic) bond motifs is 1. The maximum atomic E-state index is 12.3. The number of carbonyl (C=O) groups excluding carboxylic acids is 1. The zero-order valence-electron chi connectivity index (χ0n) is 16.6. The maximum absolute atomic E-state index is 12.3. The first-order valence-corrected chi connectivity index (χ1v) is 10.4. The van der Waals surface area contributed by atoms with Crippen molar-refractivity contribution >= 4 is 46.1 Å². The van der Waals surface area contributed by atoms with E-state index in [0.717, 1.165) is 27.5 Å². The van der Waals surface area contributed by atoms with E-state index in [4.69, 9.17) is 23.2 Å². The van der Waals surface area contributed by atoms with Gasteiger partial charge in [-0.1, -0.05) is 65.4 Å². The lowest BCUT2D eigenvalue weighted by Gasteiger charge is -2.05. The maximum Gasteiger partial charge on any atom is 0.271 e. The van der Waals surface area contributed by atoms with Crippen molar-refractivity contribution in [1.29, 1.82) is 0 Å². The van der Waals surface area contributed by atoms with Gasteiger partial charge in [-0.05, 0) is 59.3 Å². The molecule has 4 aromatic rings. The lowest BCUT2D eigenvalue weighted by molar-refractivity contribution is 0.0955. The Hall–Kier alpha value is -3.78. The second kappa shape index (κ2) is 9.57. The second-order valence-electron chi connectivity index (χ2n) is 6.87. The third kappa shape index (κ3) is 4.92. The molecule has 0 aliphatic carbocycles. The fourth-order valence-electron chi connectivity index (χ4n) is 3.09. The quantitative estimate of drug-likeness (QED) is 0.224. The highest BCUT2D eigenvalue weighted by Crippen LogP contribution is 2.24. The molecule has 0 saturated carbocycles. The zero-order valence-corrected chi connectivity index (χ0v) is 18.2. The highest BCUT2D eigenvalue weighted by atomic mass is 35.5. The summed E-state index contributed by atoms with van der Waals surface area (Å²) in [5.74, 6) is 5.85. The van der Waals surface area contributed by atoms with Crippen LogP contribution in [0.4, 0.5) is 0 Å². The van der Waals surface area contributed by atoms with Gasteiger partial charge < -0.3 is 5.11 Å². The van der Waals surface area contributed by atoms with E-state index in [1.807, 2.05) is 60.7 Å². The first-order chi connectivity index (χ1) is 15.5. The van der Waals surface area contributed by atoms with Gasteiger partial charge in [0, 0.05) is 27.3 Å². The Morgan fingerprint density at radius 2 is 1.66 bits per heavy atom. The number of phenols is 1. The highest BCUT2D eigenvalue weighted by molar-refractivity contribution is 6.32. The molecular formula is C26H16Cl2N2O2. The van der Waals surface area contributed by atoms with Crippen molar-refractivity contribution in [3.8, 4) is 17.6 Å². The lowest BCUT2D eigenvalue weighted by Crippen LogP contribution is -2.17. The molecule has 0 heterocycles. The first kappa shape index (κ1) is 21.5. The van der Waals surface area contributed by atoms with Gasteiger partial charge in [-0.25, -0.2) is 5.43 Å². The third-order valence-corrected chi connectivity index (χ3v) is 5.28. The summed E-state index contributed by atoms with van der Waals surface area (Å²) in [5.41, 5.74) is 5.37. The van der Waals surface area contributed by atoms with Gasteiger partial charge >= 0.3 is 0 Å². The van der Waals surface area contributed by atoms with E-state index in [0.29, 0.717) is 10.6 Å². The molecule has 0 spiro atoms. The van der Waals surface area contributed by atoms with Crippen LogP contribution in [0.2, 0.25) is 10.0 Å². The normalized spacial score (nSPS) is 10.7. The number of carbonyl (C=O) groups is 1. The standard InChI is InChI=1S/C26H16Cl2N2O2/c27-21-12-6-17(7-13-21)5-8-18-9-10-20(23-4-2-1-3-22(18)23)16-29-30-26(32)19-11-14-25(31)24(28)15-19/h1-4,6-7,9-16,31H,(H,30,32)/b29-16+. The molecule has 0 radical (unpaired) electrons. The molecule has 4 rings (SSSR count). The van der Waals surface area contributed by atoms with E-state index < -0.39 is 5.91 Å². The third-order valence-electron chi connectivity index (χ3n) is 4.72. The van der Waals surface area contributed by atoms with Gasteiger partial charge in [-0.15, -0.1) is 0 Å². The van der Waals surface area contributed by atoms with E-state index in [1.54, 1.807) is 6.21 Å². The number of nitrogens with one attached hydrogen (secondary N) is 1. The molecule has 0 unspecified atom stereocenters. The minimum atomic E-state index is -0.432. The number of hydrogen-bond acceptors (Lipinski definition) is 3. The number of benzene rings is 4. The SMILES string of the molecule is O=C(N/N=C/c1ccc(C#Cc2ccc(Cl)cc2)c2ccccc12)c1ccc(O)c(Cl)c1. The molecule has 0 aliphatic rings. The highest BCUT2D eigenvalue weighted by Gasteiger charge is 2.08. The summed E-state index contributed by atoms with van der Waals surface area (Å²) in [6.07, 6.45) is 1.58. The molecule has 4 nitrogen and oxygen atoms in total. The summed E-state index contributed by atoms with van der Waals surface area (Å²) in [6, 6.07) is 23.3. The number of rotatable bonds is 3. The lowest BCUT2D eigenvalue weighted by atomic mass is 10.00. The number of hydrazone groups is 1. The van der Waals surface area contributed by atoms with Gasteiger partial charge in [0.15, 0.2) is 0 Å². The number of aromatic hydroxyl groups is 1. The molecule has 2 N–H and O–H groups in total. The molecule has 1 amide bonds. The number of nitrogens with zero attached hydrogens (tertiary/aromatic N) is 1. The molecule has 0 aromatic heterocycles. The van der Waals surface area contributed by atoms with Crippen molar-refractivity contribution in [3.63, 3.8) is 0 Å². The van der Waals surface area contributed by atoms with Crippen molar-refractivity contribution in [2.24, 2.45) is 5.10 Å². The van der Waals surface area contributed by atoms with Gasteiger partial charge in [0.05, 0.1) is 11.2 Å². The van der Waals surface area contributed by atoms with Crippen molar-refractivity contribution in [3.05, 3.63) is 111 Å². The number of amides is 1. The Morgan fingerprint density at radius 3 is 2.41 bits per heavy atom. The summed E-state index contributed by atoms with van der Waals surface area (Å²) in [4.78, 5) is 12.3. The largest absolute Gasteiger partial charge is 0.506 e. The smallest absolute Gasteiger partial charge is 0.271 e. The van der Waals surface area contributed by atoms with E-state index >= 15 is 0 Å². The molecule has 0 atom stereocenters. The number of hydrogen-bond donors (Lipinski definition) is 2. The molecule has 6 heteroatoms. The van der Waals surface area contributed by atoms with Crippen LogP contribution in [0, 0.1) is 11.8 Å². The second-order valence-corrected chi connectivity index (χ2v) is 7.71. The Kier molecular flexibility index (Phi) is 6.42. The Balaban J connectivity index is 1.58. The number of phenolic OH excluding ortho intramolecular Hbond substituents is 1. The summed E-state index contributed by atoms with van der Waals surface area (Å²) in [6.45, 7) is 0. The minimum absolute atomic E-state index is 0.0857. The van der Waals surface area contributed by atoms with Gasteiger partial charge in [0.2, 0.25) is 0 Å². The van der Waals surface area contributed by atoms with Gasteiger partial charge in [0.25, 0.3) is 5.91 Å². The van der Waals surface area contributed by atoms with Crippen LogP contribution >= 0.6 is 23.2 Å². The van der Waals surface area contributed by atoms with Gasteiger partial charge in [-0.2, -0.15) is 5.10 Å². The van der Waals surface area contributed by atoms with Crippen molar-refractivity contribution < 1.29 is 9.90 Å². The van der Waals surface area contributed by atoms with Crippen LogP contribution in [-0.2, 0) is 0 Å². The first-order valence-electron chi connectivity index (χ1n) is 9.62. The predicted octanol–water partition coefficient (Wildman–Crippen LogP) is 6.02. The van der Waals surface area contributed by atoms with Crippen molar-refractivity contribution in [2.45, 2.75) is 0 Å². The molecular weight excluding hydrogens is 443 g/mol. The fourth-order valence-corrected chi connectivity index (χ4v) is 3.40. The van der Waals surface area contributed by atoms with Crippen LogP contribution in [0.3, 0.4) is 0 Å². The summed E-state index contributed by atoms with van der Waals surface area (Å²) < 4.78 is 0. The average molecular weight is 459 g/mol. The van der Waals surface area contributed by atoms with E-state index in [-0.39, 0.29) is 10.8 Å². The van der Waals surface area contributed by atoms with Crippen molar-refractivity contribution in [1.82, 2.24) is 5.43 Å². The molecule has 0 fully saturated rings. The Morgan fingerprint density at radius 1 is 0.906 bits per heavy atom. The fraction of sp³-hybridized carbons (Fsp3) is 0. The monoisotopic (exact) mass is 458 g/mol. The summed E-state index contributed by atoms with van der Waals surface area (Å²) in [7, 11) is 0. The van der Waals surface area contributed by atoms with E-state index in [1.165, 1.54) is 18.2 Å². The van der Waals surface area contributed by atoms with Crippen LogP contribution in [0.5, 0.6) is 5.75 Å².